The average molecular weight is 225 g/mol. The topological polar surface area (TPSA) is 37.8 Å². The summed E-state index contributed by atoms with van der Waals surface area (Å²) in [6, 6.07) is 0. The van der Waals surface area contributed by atoms with Gasteiger partial charge in [-0.05, 0) is 25.7 Å². The van der Waals surface area contributed by atoms with Crippen LogP contribution >= 0.6 is 11.5 Å². The van der Waals surface area contributed by atoms with Gasteiger partial charge in [-0.3, -0.25) is 0 Å². The lowest BCUT2D eigenvalue weighted by molar-refractivity contribution is 0.337. The fraction of sp³-hybridized carbons (Fsp3) is 0.818. The first-order valence-corrected chi connectivity index (χ1v) is 6.64. The van der Waals surface area contributed by atoms with Crippen molar-refractivity contribution < 1.29 is 0 Å². The fourth-order valence-electron chi connectivity index (χ4n) is 2.29. The van der Waals surface area contributed by atoms with Gasteiger partial charge in [0.25, 0.3) is 0 Å². The summed E-state index contributed by atoms with van der Waals surface area (Å²) in [5, 5.41) is 4.20. The molecule has 0 radical (unpaired) electrons. The number of anilines is 1. The molecule has 1 aromatic rings. The molecule has 0 spiro atoms. The zero-order valence-corrected chi connectivity index (χ0v) is 10.3. The predicted octanol–water partition coefficient (Wildman–Crippen LogP) is 3.26. The molecule has 3 nitrogen and oxygen atoms in total. The highest BCUT2D eigenvalue weighted by Crippen LogP contribution is 2.35. The summed E-state index contributed by atoms with van der Waals surface area (Å²) < 4.78 is 4.46. The van der Waals surface area contributed by atoms with Gasteiger partial charge in [0.1, 0.15) is 5.82 Å². The monoisotopic (exact) mass is 225 g/mol. The van der Waals surface area contributed by atoms with Gasteiger partial charge in [-0.25, -0.2) is 4.98 Å². The molecule has 1 aromatic heterocycles. The van der Waals surface area contributed by atoms with Gasteiger partial charge in [0, 0.05) is 24.0 Å². The maximum atomic E-state index is 4.55. The Morgan fingerprint density at radius 1 is 1.47 bits per heavy atom. The van der Waals surface area contributed by atoms with Crippen LogP contribution in [0, 0.1) is 5.92 Å². The van der Waals surface area contributed by atoms with Crippen molar-refractivity contribution in [2.45, 2.75) is 45.4 Å². The largest absolute Gasteiger partial charge is 0.361 e. The van der Waals surface area contributed by atoms with E-state index in [2.05, 4.69) is 28.5 Å². The van der Waals surface area contributed by atoms with Crippen molar-refractivity contribution in [3.8, 4) is 0 Å². The second kappa shape index (κ2) is 4.92. The van der Waals surface area contributed by atoms with Gasteiger partial charge in [-0.2, -0.15) is 4.37 Å². The molecule has 15 heavy (non-hydrogen) atoms. The number of hydrogen-bond acceptors (Lipinski definition) is 4. The smallest absolute Gasteiger partial charge is 0.202 e. The van der Waals surface area contributed by atoms with Gasteiger partial charge < -0.3 is 5.32 Å². The zero-order valence-electron chi connectivity index (χ0n) is 9.49. The predicted molar refractivity (Wildman–Crippen MR) is 64.4 cm³/mol. The van der Waals surface area contributed by atoms with Gasteiger partial charge in [0.2, 0.25) is 5.13 Å². The van der Waals surface area contributed by atoms with Gasteiger partial charge in [-0.15, -0.1) is 0 Å². The fourth-order valence-corrected chi connectivity index (χ4v) is 3.01. The lowest BCUT2D eigenvalue weighted by atomic mass is 9.82. The standard InChI is InChI=1S/C11H19N3S/c1-3-12-11-13-10(14-15-11)9-6-4-5-8(2)7-9/h8-9H,3-7H2,1-2H3,(H,12,13,14). The maximum Gasteiger partial charge on any atom is 0.202 e. The third-order valence-corrected chi connectivity index (χ3v) is 3.76. The molecule has 2 unspecified atom stereocenters. The molecule has 1 aliphatic rings. The molecule has 0 saturated heterocycles. The van der Waals surface area contributed by atoms with Crippen LogP contribution in [0.1, 0.15) is 51.3 Å². The Kier molecular flexibility index (Phi) is 3.57. The van der Waals surface area contributed by atoms with E-state index < -0.39 is 0 Å². The van der Waals surface area contributed by atoms with Crippen LogP contribution < -0.4 is 5.32 Å². The molecule has 1 N–H and O–H groups in total. The van der Waals surface area contributed by atoms with Crippen LogP contribution in [0.25, 0.3) is 0 Å². The third kappa shape index (κ3) is 2.68. The molecule has 1 fully saturated rings. The summed E-state index contributed by atoms with van der Waals surface area (Å²) in [4.78, 5) is 4.55. The minimum Gasteiger partial charge on any atom is -0.361 e. The lowest BCUT2D eigenvalue weighted by Crippen LogP contribution is -2.12. The van der Waals surface area contributed by atoms with Gasteiger partial charge >= 0.3 is 0 Å². The molecule has 0 aliphatic heterocycles. The molecule has 0 bridgehead atoms. The van der Waals surface area contributed by atoms with Crippen molar-refractivity contribution in [2.24, 2.45) is 5.92 Å². The second-order valence-corrected chi connectivity index (χ2v) is 5.21. The zero-order chi connectivity index (χ0) is 10.7. The van der Waals surface area contributed by atoms with E-state index in [-0.39, 0.29) is 0 Å². The van der Waals surface area contributed by atoms with Crippen molar-refractivity contribution in [2.75, 3.05) is 11.9 Å². The Morgan fingerprint density at radius 2 is 2.33 bits per heavy atom. The van der Waals surface area contributed by atoms with Gasteiger partial charge in [0.15, 0.2) is 0 Å². The van der Waals surface area contributed by atoms with E-state index >= 15 is 0 Å². The second-order valence-electron chi connectivity index (χ2n) is 4.46. The molecule has 84 valence electrons. The molecular formula is C11H19N3S. The summed E-state index contributed by atoms with van der Waals surface area (Å²) in [6.07, 6.45) is 5.25. The van der Waals surface area contributed by atoms with Crippen molar-refractivity contribution >= 4 is 16.7 Å². The maximum absolute atomic E-state index is 4.55. The van der Waals surface area contributed by atoms with Crippen LogP contribution in [0.2, 0.25) is 0 Å². The quantitative estimate of drug-likeness (QED) is 0.858. The van der Waals surface area contributed by atoms with E-state index in [9.17, 15) is 0 Å². The first-order chi connectivity index (χ1) is 7.29. The highest BCUT2D eigenvalue weighted by Gasteiger charge is 2.23. The lowest BCUT2D eigenvalue weighted by Gasteiger charge is -2.24. The Bertz CT molecular complexity index is 311. The molecule has 1 saturated carbocycles. The summed E-state index contributed by atoms with van der Waals surface area (Å²) in [5.41, 5.74) is 0. The van der Waals surface area contributed by atoms with E-state index in [4.69, 9.17) is 0 Å². The molecule has 1 heterocycles. The Morgan fingerprint density at radius 3 is 3.07 bits per heavy atom. The van der Waals surface area contributed by atoms with Gasteiger partial charge in [-0.1, -0.05) is 19.8 Å². The van der Waals surface area contributed by atoms with E-state index in [1.165, 1.54) is 37.2 Å². The molecule has 2 atom stereocenters. The van der Waals surface area contributed by atoms with Crippen LogP contribution in [0.15, 0.2) is 0 Å². The van der Waals surface area contributed by atoms with Crippen LogP contribution in [0.3, 0.4) is 0 Å². The van der Waals surface area contributed by atoms with Crippen LogP contribution in [-0.4, -0.2) is 15.9 Å². The van der Waals surface area contributed by atoms with Crippen LogP contribution in [0.4, 0.5) is 5.13 Å². The van der Waals surface area contributed by atoms with Crippen molar-refractivity contribution in [3.63, 3.8) is 0 Å². The average Bonchev–Trinajstić information content (AvgIpc) is 2.67. The summed E-state index contributed by atoms with van der Waals surface area (Å²) in [5.74, 6) is 2.52. The van der Waals surface area contributed by atoms with Crippen molar-refractivity contribution in [1.82, 2.24) is 9.36 Å². The van der Waals surface area contributed by atoms with Crippen molar-refractivity contribution in [3.05, 3.63) is 5.82 Å². The van der Waals surface area contributed by atoms with Gasteiger partial charge in [0.05, 0.1) is 0 Å². The minimum atomic E-state index is 0.609. The van der Waals surface area contributed by atoms with E-state index in [1.807, 2.05) is 0 Å². The summed E-state index contributed by atoms with van der Waals surface area (Å²) in [6.45, 7) is 5.35. The Balaban J connectivity index is 2.01. The SMILES string of the molecule is CCNc1nc(C2CCCC(C)C2)ns1. The van der Waals surface area contributed by atoms with E-state index in [1.54, 1.807) is 0 Å². The normalized spacial score (nSPS) is 26.5. The third-order valence-electron chi connectivity index (χ3n) is 3.07. The number of aromatic nitrogens is 2. The summed E-state index contributed by atoms with van der Waals surface area (Å²) in [7, 11) is 0. The van der Waals surface area contributed by atoms with Crippen LogP contribution in [-0.2, 0) is 0 Å². The summed E-state index contributed by atoms with van der Waals surface area (Å²) >= 11 is 1.50. The first-order valence-electron chi connectivity index (χ1n) is 5.87. The number of nitrogens with one attached hydrogen (secondary N) is 1. The molecule has 2 rings (SSSR count). The molecule has 0 aromatic carbocycles. The molecule has 0 amide bonds. The minimum absolute atomic E-state index is 0.609. The van der Waals surface area contributed by atoms with E-state index in [0.717, 1.165) is 23.4 Å². The number of nitrogens with zero attached hydrogens (tertiary/aromatic N) is 2. The molecule has 4 heteroatoms. The highest BCUT2D eigenvalue weighted by atomic mass is 32.1. The molecule has 1 aliphatic carbocycles. The van der Waals surface area contributed by atoms with E-state index in [0.29, 0.717) is 5.92 Å². The Hall–Kier alpha value is -0.640. The van der Waals surface area contributed by atoms with Crippen molar-refractivity contribution in [1.29, 1.82) is 0 Å². The number of hydrogen-bond donors (Lipinski definition) is 1. The van der Waals surface area contributed by atoms with Crippen LogP contribution in [0.5, 0.6) is 0 Å². The number of rotatable bonds is 3. The Labute approximate surface area is 95.5 Å². The molecular weight excluding hydrogens is 206 g/mol. The first kappa shape index (κ1) is 10.9. The highest BCUT2D eigenvalue weighted by molar-refractivity contribution is 7.09.